The first-order chi connectivity index (χ1) is 18.6. The fraction of sp³-hybridized carbons (Fsp3) is 0.581. The van der Waals surface area contributed by atoms with E-state index in [1.54, 1.807) is 24.6 Å². The molecule has 1 fully saturated rings. The summed E-state index contributed by atoms with van der Waals surface area (Å²) >= 11 is 5.57. The number of aliphatic carboxylic acids is 1. The number of nitrogens with one attached hydrogen (secondary N) is 2. The van der Waals surface area contributed by atoms with Crippen LogP contribution in [0.15, 0.2) is 39.7 Å². The highest BCUT2D eigenvalue weighted by atomic mass is 35.5. The Morgan fingerprint density at radius 3 is 2.31 bits per heavy atom. The number of hydrogen-bond donors (Lipinski definition) is 3. The fourth-order valence-electron chi connectivity index (χ4n) is 4.77. The van der Waals surface area contributed by atoms with Gasteiger partial charge in [0.1, 0.15) is 0 Å². The number of aromatic nitrogens is 2. The van der Waals surface area contributed by atoms with Crippen molar-refractivity contribution in [1.82, 2.24) is 14.9 Å². The Morgan fingerprint density at radius 2 is 1.85 bits per heavy atom. The number of anilines is 1. The van der Waals surface area contributed by atoms with Gasteiger partial charge >= 0.3 is 5.97 Å². The maximum atomic E-state index is 12.8. The second-order valence-electron chi connectivity index (χ2n) is 9.82. The van der Waals surface area contributed by atoms with E-state index in [1.165, 1.54) is 31.8 Å². The van der Waals surface area contributed by atoms with Gasteiger partial charge in [0.15, 0.2) is 0 Å². The molecule has 2 aliphatic carbocycles. The number of nitrogens with zero attached hydrogens (tertiary/aromatic N) is 2. The van der Waals surface area contributed by atoms with E-state index >= 15 is 0 Å². The van der Waals surface area contributed by atoms with Gasteiger partial charge in [0.25, 0.3) is 5.56 Å². The first-order valence-electron chi connectivity index (χ1n) is 14.3. The summed E-state index contributed by atoms with van der Waals surface area (Å²) in [4.78, 5) is 28.0. The van der Waals surface area contributed by atoms with Crippen LogP contribution in [0.25, 0.3) is 10.9 Å². The van der Waals surface area contributed by atoms with Gasteiger partial charge in [-0.3, -0.25) is 9.36 Å². The van der Waals surface area contributed by atoms with E-state index in [0.717, 1.165) is 29.6 Å². The second-order valence-corrected chi connectivity index (χ2v) is 10.3. The molecule has 1 unspecified atom stereocenters. The molecule has 0 saturated heterocycles. The summed E-state index contributed by atoms with van der Waals surface area (Å²) in [5.74, 6) is -0.268. The lowest BCUT2D eigenvalue weighted by Crippen LogP contribution is -2.24. The highest BCUT2D eigenvalue weighted by molar-refractivity contribution is 6.32. The highest BCUT2D eigenvalue weighted by Gasteiger charge is 2.40. The van der Waals surface area contributed by atoms with Crippen LogP contribution in [0, 0.1) is 18.3 Å². The van der Waals surface area contributed by atoms with Crippen molar-refractivity contribution in [2.45, 2.75) is 87.1 Å². The van der Waals surface area contributed by atoms with Crippen LogP contribution in [-0.2, 0) is 18.4 Å². The number of benzene rings is 1. The van der Waals surface area contributed by atoms with Gasteiger partial charge in [0, 0.05) is 36.7 Å². The topological polar surface area (TPSA) is 96.2 Å². The summed E-state index contributed by atoms with van der Waals surface area (Å²) in [5, 5.41) is 16.3. The zero-order chi connectivity index (χ0) is 29.8. The standard InChI is InChI=1S/C20H30N4O.C7H7ClO2.2C2H6/c1-5-6-20(7-8-20)9-10-22-19-23-17-15(13-21-3)11-14(2)12-16(17)18(25)24(19)4;1-4-2-5(8)3-6(4)7(9)10;2*1-2/h11-12,21H,5-10,13H2,1-4H3,(H,22,23);2-4H,1H3,(H,9,10);2*1-2H3. The molecular weight excluding hydrogens is 512 g/mol. The molecular formula is C31H49ClN4O3. The van der Waals surface area contributed by atoms with Gasteiger partial charge in [-0.1, -0.05) is 71.7 Å². The quantitative estimate of drug-likeness (QED) is 0.301. The molecule has 1 saturated carbocycles. The lowest BCUT2D eigenvalue weighted by molar-refractivity contribution is -0.133. The molecule has 218 valence electrons. The number of carboxylic acid groups (broad SMARTS) is 1. The minimum atomic E-state index is -0.889. The van der Waals surface area contributed by atoms with Crippen LogP contribution in [-0.4, -0.2) is 34.2 Å². The molecule has 7 nitrogen and oxygen atoms in total. The van der Waals surface area contributed by atoms with Gasteiger partial charge in [0.2, 0.25) is 5.95 Å². The van der Waals surface area contributed by atoms with Crippen LogP contribution < -0.4 is 16.2 Å². The molecule has 0 bridgehead atoms. The first kappa shape index (κ1) is 34.4. The summed E-state index contributed by atoms with van der Waals surface area (Å²) in [6, 6.07) is 4.05. The minimum absolute atomic E-state index is 0.0169. The number of halogens is 1. The van der Waals surface area contributed by atoms with E-state index in [1.807, 2.05) is 47.7 Å². The van der Waals surface area contributed by atoms with Gasteiger partial charge < -0.3 is 15.7 Å². The van der Waals surface area contributed by atoms with Gasteiger partial charge in [-0.05, 0) is 68.3 Å². The molecule has 1 heterocycles. The van der Waals surface area contributed by atoms with Crippen molar-refractivity contribution in [3.63, 3.8) is 0 Å². The average molecular weight is 561 g/mol. The summed E-state index contributed by atoms with van der Waals surface area (Å²) in [6.07, 6.45) is 9.60. The zero-order valence-corrected chi connectivity index (χ0v) is 26.1. The van der Waals surface area contributed by atoms with Crippen LogP contribution in [0.4, 0.5) is 5.95 Å². The molecule has 0 aliphatic heterocycles. The smallest absolute Gasteiger partial charge is 0.332 e. The van der Waals surface area contributed by atoms with E-state index in [2.05, 4.69) is 23.6 Å². The summed E-state index contributed by atoms with van der Waals surface area (Å²) < 4.78 is 1.64. The SMILES string of the molecule is CC.CC.CC1C=C(Cl)C=C1C(=O)O.CCCC1(CCNc2nc3c(CNC)cc(C)cc3c(=O)n2C)CC1. The third-order valence-electron chi connectivity index (χ3n) is 6.89. The molecule has 4 rings (SSSR count). The first-order valence-corrected chi connectivity index (χ1v) is 14.7. The Balaban J connectivity index is 0.000000454. The van der Waals surface area contributed by atoms with E-state index in [-0.39, 0.29) is 11.5 Å². The fourth-order valence-corrected chi connectivity index (χ4v) is 5.08. The number of carboxylic acids is 1. The Labute approximate surface area is 239 Å². The van der Waals surface area contributed by atoms with Crippen LogP contribution >= 0.6 is 11.6 Å². The number of hydrogen-bond acceptors (Lipinski definition) is 5. The van der Waals surface area contributed by atoms with Crippen LogP contribution in [0.5, 0.6) is 0 Å². The molecule has 2 aromatic rings. The lowest BCUT2D eigenvalue weighted by atomic mass is 9.97. The van der Waals surface area contributed by atoms with E-state index in [9.17, 15) is 9.59 Å². The van der Waals surface area contributed by atoms with Gasteiger partial charge in [0.05, 0.1) is 10.9 Å². The molecule has 1 atom stereocenters. The Hall–Kier alpha value is -2.64. The molecule has 3 N–H and O–H groups in total. The van der Waals surface area contributed by atoms with Crippen LogP contribution in [0.1, 0.15) is 84.8 Å². The molecule has 0 amide bonds. The normalized spacial score (nSPS) is 16.4. The summed E-state index contributed by atoms with van der Waals surface area (Å²) in [6.45, 7) is 15.7. The predicted molar refractivity (Wildman–Crippen MR) is 166 cm³/mol. The number of aryl methyl sites for hydroxylation is 1. The van der Waals surface area contributed by atoms with Crippen LogP contribution in [0.2, 0.25) is 0 Å². The van der Waals surface area contributed by atoms with E-state index < -0.39 is 5.97 Å². The predicted octanol–water partition coefficient (Wildman–Crippen LogP) is 7.17. The Kier molecular flexibility index (Phi) is 14.5. The van der Waals surface area contributed by atoms with Gasteiger partial charge in [-0.25, -0.2) is 9.78 Å². The molecule has 1 aromatic carbocycles. The summed E-state index contributed by atoms with van der Waals surface area (Å²) in [7, 11) is 3.72. The van der Waals surface area contributed by atoms with Gasteiger partial charge in [-0.15, -0.1) is 0 Å². The highest BCUT2D eigenvalue weighted by Crippen LogP contribution is 2.52. The number of fused-ring (bicyclic) bond motifs is 1. The third-order valence-corrected chi connectivity index (χ3v) is 7.12. The Morgan fingerprint density at radius 1 is 1.21 bits per heavy atom. The molecule has 8 heteroatoms. The number of rotatable bonds is 9. The lowest BCUT2D eigenvalue weighted by Gasteiger charge is -2.17. The van der Waals surface area contributed by atoms with Crippen molar-refractivity contribution >= 4 is 34.4 Å². The summed E-state index contributed by atoms with van der Waals surface area (Å²) in [5.41, 5.74) is 3.90. The van der Waals surface area contributed by atoms with E-state index in [4.69, 9.17) is 21.7 Å². The Bertz CT molecular complexity index is 1210. The van der Waals surface area contributed by atoms with Crippen molar-refractivity contribution in [3.8, 4) is 0 Å². The molecule has 39 heavy (non-hydrogen) atoms. The van der Waals surface area contributed by atoms with Gasteiger partial charge in [-0.2, -0.15) is 0 Å². The second kappa shape index (κ2) is 16.5. The van der Waals surface area contributed by atoms with Crippen molar-refractivity contribution in [2.75, 3.05) is 18.9 Å². The van der Waals surface area contributed by atoms with Crippen molar-refractivity contribution in [3.05, 3.63) is 56.4 Å². The maximum Gasteiger partial charge on any atom is 0.332 e. The third kappa shape index (κ3) is 9.50. The monoisotopic (exact) mass is 560 g/mol. The number of carbonyl (C=O) groups is 1. The molecule has 1 aromatic heterocycles. The minimum Gasteiger partial charge on any atom is -0.478 e. The van der Waals surface area contributed by atoms with Crippen LogP contribution in [0.3, 0.4) is 0 Å². The van der Waals surface area contributed by atoms with Crippen molar-refractivity contribution in [2.24, 2.45) is 18.4 Å². The zero-order valence-electron chi connectivity index (χ0n) is 25.4. The van der Waals surface area contributed by atoms with Crippen molar-refractivity contribution < 1.29 is 9.90 Å². The molecule has 0 spiro atoms. The largest absolute Gasteiger partial charge is 0.478 e. The molecule has 2 aliphatic rings. The average Bonchev–Trinajstić information content (AvgIpc) is 3.59. The molecule has 0 radical (unpaired) electrons. The number of allylic oxidation sites excluding steroid dienone is 3. The maximum absolute atomic E-state index is 12.8. The van der Waals surface area contributed by atoms with E-state index in [0.29, 0.717) is 33.9 Å². The van der Waals surface area contributed by atoms with Crippen molar-refractivity contribution in [1.29, 1.82) is 0 Å².